The minimum atomic E-state index is -4.47. The van der Waals surface area contributed by atoms with Gasteiger partial charge in [0, 0.05) is 29.9 Å². The fourth-order valence-corrected chi connectivity index (χ4v) is 3.59. The molecule has 8 heteroatoms. The van der Waals surface area contributed by atoms with Gasteiger partial charge in [-0.3, -0.25) is 4.79 Å². The molecular weight excluding hydrogens is 347 g/mol. The lowest BCUT2D eigenvalue weighted by Crippen LogP contribution is -2.53. The van der Waals surface area contributed by atoms with E-state index in [4.69, 9.17) is 0 Å². The molecule has 1 aromatic heterocycles. The highest BCUT2D eigenvalue weighted by Gasteiger charge is 2.39. The Balaban J connectivity index is 1.66. The Morgan fingerprint density at radius 3 is 2.38 bits per heavy atom. The molecule has 0 saturated carbocycles. The Morgan fingerprint density at radius 1 is 1.12 bits per heavy atom. The summed E-state index contributed by atoms with van der Waals surface area (Å²) >= 11 is 0. The summed E-state index contributed by atoms with van der Waals surface area (Å²) in [5, 5.41) is 13.1. The van der Waals surface area contributed by atoms with Gasteiger partial charge in [0.15, 0.2) is 5.69 Å². The van der Waals surface area contributed by atoms with Gasteiger partial charge >= 0.3 is 6.18 Å². The Morgan fingerprint density at radius 2 is 1.77 bits per heavy atom. The highest BCUT2D eigenvalue weighted by Crippen LogP contribution is 2.36. The number of aliphatic hydroxyl groups is 1. The summed E-state index contributed by atoms with van der Waals surface area (Å²) in [5.74, 6) is -0.194. The van der Waals surface area contributed by atoms with Gasteiger partial charge in [0.05, 0.1) is 11.8 Å². The number of fused-ring (bicyclic) bond motifs is 1. The molecule has 2 aliphatic rings. The van der Waals surface area contributed by atoms with Gasteiger partial charge in [-0.2, -0.15) is 18.3 Å². The lowest BCUT2D eigenvalue weighted by atomic mass is 9.95. The fourth-order valence-electron chi connectivity index (χ4n) is 3.59. The first kappa shape index (κ1) is 17.1. The average molecular weight is 365 g/mol. The van der Waals surface area contributed by atoms with Crippen molar-refractivity contribution in [1.82, 2.24) is 14.7 Å². The topological polar surface area (TPSA) is 58.4 Å². The summed E-state index contributed by atoms with van der Waals surface area (Å²) in [7, 11) is 0. The molecule has 4 rings (SSSR count). The second-order valence-electron chi connectivity index (χ2n) is 6.80. The van der Waals surface area contributed by atoms with Crippen LogP contribution in [0.25, 0.3) is 5.69 Å². The molecule has 1 aliphatic heterocycles. The zero-order valence-electron chi connectivity index (χ0n) is 14.0. The van der Waals surface area contributed by atoms with Crippen molar-refractivity contribution in [2.45, 2.75) is 38.0 Å². The summed E-state index contributed by atoms with van der Waals surface area (Å²) in [6, 6.07) is 6.41. The molecular formula is C18H18F3N3O2. The summed E-state index contributed by atoms with van der Waals surface area (Å²) in [6.07, 6.45) is -2.43. The van der Waals surface area contributed by atoms with Crippen LogP contribution in [0.4, 0.5) is 13.2 Å². The van der Waals surface area contributed by atoms with Gasteiger partial charge in [0.2, 0.25) is 0 Å². The normalized spacial score (nSPS) is 17.8. The number of β-amino-alcohol motifs (C(OH)–C–C–N with tert-alkyl or cyclic N) is 1. The van der Waals surface area contributed by atoms with Crippen molar-refractivity contribution < 1.29 is 23.1 Å². The molecule has 0 atom stereocenters. The Kier molecular flexibility index (Phi) is 4.02. The highest BCUT2D eigenvalue weighted by atomic mass is 19.4. The average Bonchev–Trinajstić information content (AvgIpc) is 2.98. The summed E-state index contributed by atoms with van der Waals surface area (Å²) in [5.41, 5.74) is 1.05. The molecule has 1 amide bonds. The quantitative estimate of drug-likeness (QED) is 0.890. The van der Waals surface area contributed by atoms with Crippen molar-refractivity contribution in [3.05, 3.63) is 46.8 Å². The van der Waals surface area contributed by atoms with Crippen molar-refractivity contribution >= 4 is 5.91 Å². The molecule has 1 aliphatic carbocycles. The molecule has 0 unspecified atom stereocenters. The van der Waals surface area contributed by atoms with Gasteiger partial charge in [0.25, 0.3) is 5.91 Å². The van der Waals surface area contributed by atoms with E-state index < -0.39 is 18.0 Å². The van der Waals surface area contributed by atoms with Crippen molar-refractivity contribution in [1.29, 1.82) is 0 Å². The van der Waals surface area contributed by atoms with Crippen molar-refractivity contribution in [2.75, 3.05) is 13.1 Å². The van der Waals surface area contributed by atoms with Crippen LogP contribution in [0.3, 0.4) is 0 Å². The molecule has 0 spiro atoms. The van der Waals surface area contributed by atoms with E-state index in [1.165, 1.54) is 9.58 Å². The number of likely N-dealkylation sites (tertiary alicyclic amines) is 1. The summed E-state index contributed by atoms with van der Waals surface area (Å²) < 4.78 is 41.2. The Labute approximate surface area is 148 Å². The van der Waals surface area contributed by atoms with Gasteiger partial charge in [0.1, 0.15) is 0 Å². The van der Waals surface area contributed by atoms with Gasteiger partial charge in [-0.05, 0) is 49.9 Å². The van der Waals surface area contributed by atoms with Crippen LogP contribution in [-0.2, 0) is 19.0 Å². The molecule has 1 fully saturated rings. The van der Waals surface area contributed by atoms with Crippen molar-refractivity contribution in [3.63, 3.8) is 0 Å². The first-order valence-electron chi connectivity index (χ1n) is 8.60. The van der Waals surface area contributed by atoms with Crippen LogP contribution in [0.1, 0.15) is 40.2 Å². The number of aliphatic hydroxyl groups excluding tert-OH is 1. The molecule has 138 valence electrons. The van der Waals surface area contributed by atoms with Crippen molar-refractivity contribution in [3.8, 4) is 5.69 Å². The predicted molar refractivity (Wildman–Crippen MR) is 87.1 cm³/mol. The monoisotopic (exact) mass is 365 g/mol. The summed E-state index contributed by atoms with van der Waals surface area (Å²) in [4.78, 5) is 13.8. The van der Waals surface area contributed by atoms with E-state index in [9.17, 15) is 23.1 Å². The molecule has 1 saturated heterocycles. The molecule has 1 aromatic carbocycles. The maximum atomic E-state index is 13.3. The number of halogens is 3. The third-order valence-electron chi connectivity index (χ3n) is 4.96. The van der Waals surface area contributed by atoms with Crippen LogP contribution in [0.15, 0.2) is 24.3 Å². The number of benzene rings is 1. The van der Waals surface area contributed by atoms with Crippen LogP contribution >= 0.6 is 0 Å². The zero-order chi connectivity index (χ0) is 18.5. The molecule has 0 radical (unpaired) electrons. The summed E-state index contributed by atoms with van der Waals surface area (Å²) in [6.45, 7) is 0.615. The fraction of sp³-hybridized carbons (Fsp3) is 0.444. The number of hydrogen-bond donors (Lipinski definition) is 1. The largest absolute Gasteiger partial charge is 0.435 e. The van der Waals surface area contributed by atoms with Gasteiger partial charge in [-0.1, -0.05) is 0 Å². The van der Waals surface area contributed by atoms with Crippen LogP contribution in [0.5, 0.6) is 0 Å². The lowest BCUT2D eigenvalue weighted by Gasteiger charge is -2.35. The van der Waals surface area contributed by atoms with Crippen LogP contribution in [0, 0.1) is 0 Å². The Bertz CT molecular complexity index is 837. The molecule has 2 aromatic rings. The van der Waals surface area contributed by atoms with Crippen LogP contribution in [0.2, 0.25) is 0 Å². The third-order valence-corrected chi connectivity index (χ3v) is 4.96. The zero-order valence-corrected chi connectivity index (χ0v) is 14.0. The van der Waals surface area contributed by atoms with E-state index in [1.54, 1.807) is 24.3 Å². The van der Waals surface area contributed by atoms with Gasteiger partial charge < -0.3 is 10.0 Å². The third kappa shape index (κ3) is 2.88. The number of alkyl halides is 3. The number of nitrogens with zero attached hydrogens (tertiary/aromatic N) is 3. The molecule has 0 bridgehead atoms. The Hall–Kier alpha value is -2.35. The van der Waals surface area contributed by atoms with Crippen molar-refractivity contribution in [2.24, 2.45) is 0 Å². The van der Waals surface area contributed by atoms with E-state index in [2.05, 4.69) is 5.10 Å². The predicted octanol–water partition coefficient (Wildman–Crippen LogP) is 2.59. The van der Waals surface area contributed by atoms with E-state index >= 15 is 0 Å². The number of rotatable bonds is 2. The highest BCUT2D eigenvalue weighted by molar-refractivity contribution is 5.95. The van der Waals surface area contributed by atoms with Gasteiger partial charge in [-0.15, -0.1) is 0 Å². The number of hydrogen-bond acceptors (Lipinski definition) is 3. The molecule has 2 heterocycles. The second-order valence-corrected chi connectivity index (χ2v) is 6.80. The van der Waals surface area contributed by atoms with E-state index in [-0.39, 0.29) is 5.91 Å². The van der Waals surface area contributed by atoms with Crippen LogP contribution in [-0.4, -0.2) is 44.9 Å². The minimum Gasteiger partial charge on any atom is -0.389 e. The first-order valence-corrected chi connectivity index (χ1v) is 8.60. The number of carbonyl (C=O) groups excluding carboxylic acids is 1. The van der Waals surface area contributed by atoms with Crippen LogP contribution < -0.4 is 0 Å². The smallest absolute Gasteiger partial charge is 0.389 e. The maximum Gasteiger partial charge on any atom is 0.435 e. The standard InChI is InChI=1S/C18H18F3N3O2/c19-18(20,21)16-14-3-1-2-4-15(14)24(22-16)12-7-5-11(6-8-12)17(26)23-9-13(25)10-23/h5-8,13,25H,1-4,9-10H2. The van der Waals surface area contributed by atoms with E-state index in [1.807, 2.05) is 0 Å². The second kappa shape index (κ2) is 6.12. The first-order chi connectivity index (χ1) is 12.3. The molecule has 1 N–H and O–H groups in total. The minimum absolute atomic E-state index is 0.194. The molecule has 5 nitrogen and oxygen atoms in total. The molecule has 26 heavy (non-hydrogen) atoms. The SMILES string of the molecule is O=C(c1ccc(-n2nc(C(F)(F)F)c3c2CCCC3)cc1)N1CC(O)C1. The number of carbonyl (C=O) groups is 1. The number of aromatic nitrogens is 2. The van der Waals surface area contributed by atoms with E-state index in [0.29, 0.717) is 48.4 Å². The van der Waals surface area contributed by atoms with Gasteiger partial charge in [-0.25, -0.2) is 4.68 Å². The lowest BCUT2D eigenvalue weighted by molar-refractivity contribution is -0.142. The maximum absolute atomic E-state index is 13.3. The van der Waals surface area contributed by atoms with E-state index in [0.717, 1.165) is 12.8 Å². The number of amides is 1.